The first-order chi connectivity index (χ1) is 15.0. The topological polar surface area (TPSA) is 102 Å². The number of nitrogens with one attached hydrogen (secondary N) is 1. The third kappa shape index (κ3) is 4.97. The molecule has 31 heavy (non-hydrogen) atoms. The van der Waals surface area contributed by atoms with Gasteiger partial charge < -0.3 is 25.4 Å². The standard InChI is InChI=1S/C23H31N5O3/c1-15(24)25-23(29)18-13-16-5-3-4-6-19(16)27-22(18)28-10-7-20(21(14-28)30-2)26-17-8-11-31-12-9-17/h3,5,8,11,13,17,20-21,26H,4,6-7,9-10,12,14H2,1-2H3,(H2,24,25,29). The van der Waals surface area contributed by atoms with Crippen LogP contribution in [0.5, 0.6) is 0 Å². The largest absolute Gasteiger partial charge is 0.501 e. The molecular weight excluding hydrogens is 394 g/mol. The van der Waals surface area contributed by atoms with E-state index in [4.69, 9.17) is 20.2 Å². The number of hydrogen-bond donors (Lipinski definition) is 2. The van der Waals surface area contributed by atoms with Gasteiger partial charge in [-0.2, -0.15) is 4.99 Å². The lowest BCUT2D eigenvalue weighted by molar-refractivity contribution is 0.0549. The molecule has 166 valence electrons. The summed E-state index contributed by atoms with van der Waals surface area (Å²) in [6.45, 7) is 3.77. The predicted molar refractivity (Wildman–Crippen MR) is 121 cm³/mol. The summed E-state index contributed by atoms with van der Waals surface area (Å²) in [6, 6.07) is 2.41. The van der Waals surface area contributed by atoms with Crippen LogP contribution in [0.1, 0.15) is 47.8 Å². The molecule has 0 spiro atoms. The molecule has 0 bridgehead atoms. The van der Waals surface area contributed by atoms with Crippen LogP contribution >= 0.6 is 0 Å². The number of aliphatic imine (C=N–C) groups is 1. The van der Waals surface area contributed by atoms with Crippen LogP contribution in [0.3, 0.4) is 0 Å². The first kappa shape index (κ1) is 21.5. The number of pyridine rings is 1. The minimum Gasteiger partial charge on any atom is -0.501 e. The van der Waals surface area contributed by atoms with Gasteiger partial charge in [-0.1, -0.05) is 12.2 Å². The molecule has 3 N–H and O–H groups in total. The number of fused-ring (bicyclic) bond motifs is 1. The van der Waals surface area contributed by atoms with Crippen molar-refractivity contribution in [3.63, 3.8) is 0 Å². The number of carbonyl (C=O) groups is 1. The van der Waals surface area contributed by atoms with E-state index in [1.165, 1.54) is 0 Å². The summed E-state index contributed by atoms with van der Waals surface area (Å²) in [5.41, 5.74) is 8.17. The Morgan fingerprint density at radius 3 is 3.03 bits per heavy atom. The summed E-state index contributed by atoms with van der Waals surface area (Å²) in [7, 11) is 1.74. The summed E-state index contributed by atoms with van der Waals surface area (Å²) >= 11 is 0. The first-order valence-corrected chi connectivity index (χ1v) is 10.9. The summed E-state index contributed by atoms with van der Waals surface area (Å²) in [5, 5.41) is 3.69. The smallest absolute Gasteiger partial charge is 0.282 e. The van der Waals surface area contributed by atoms with Gasteiger partial charge in [-0.3, -0.25) is 4.79 Å². The van der Waals surface area contributed by atoms with Gasteiger partial charge in [0.15, 0.2) is 0 Å². The van der Waals surface area contributed by atoms with Gasteiger partial charge in [-0.15, -0.1) is 0 Å². The van der Waals surface area contributed by atoms with Crippen molar-refractivity contribution in [3.05, 3.63) is 41.3 Å². The zero-order valence-electron chi connectivity index (χ0n) is 18.2. The van der Waals surface area contributed by atoms with Crippen molar-refractivity contribution >= 4 is 23.6 Å². The lowest BCUT2D eigenvalue weighted by atomic mass is 9.97. The molecule has 8 nitrogen and oxygen atoms in total. The summed E-state index contributed by atoms with van der Waals surface area (Å²) in [4.78, 5) is 23.9. The molecule has 4 rings (SSSR count). The number of aryl methyl sites for hydroxylation is 1. The minimum absolute atomic E-state index is 0.0228. The van der Waals surface area contributed by atoms with Crippen LogP contribution < -0.4 is 16.0 Å². The van der Waals surface area contributed by atoms with Gasteiger partial charge in [0, 0.05) is 38.7 Å². The summed E-state index contributed by atoms with van der Waals surface area (Å²) < 4.78 is 11.1. The number of methoxy groups -OCH3 is 1. The van der Waals surface area contributed by atoms with Gasteiger partial charge in [-0.25, -0.2) is 4.98 Å². The molecule has 1 aromatic rings. The molecule has 0 saturated carbocycles. The maximum Gasteiger partial charge on any atom is 0.282 e. The van der Waals surface area contributed by atoms with E-state index in [0.717, 1.165) is 50.1 Å². The number of ether oxygens (including phenoxy) is 2. The maximum absolute atomic E-state index is 12.9. The second-order valence-electron chi connectivity index (χ2n) is 8.27. The highest BCUT2D eigenvalue weighted by atomic mass is 16.5. The van der Waals surface area contributed by atoms with Crippen LogP contribution in [-0.2, 0) is 15.9 Å². The SMILES string of the molecule is COC1CN(c2nc3c(cc2C(=O)N=C(C)N)C=CCC3)CCC1NC1C=COCC1. The van der Waals surface area contributed by atoms with E-state index in [-0.39, 0.29) is 29.9 Å². The molecule has 3 heterocycles. The number of amidine groups is 1. The Balaban J connectivity index is 1.59. The molecule has 1 amide bonds. The maximum atomic E-state index is 12.9. The van der Waals surface area contributed by atoms with Crippen molar-refractivity contribution in [2.45, 2.75) is 50.8 Å². The molecule has 0 radical (unpaired) electrons. The summed E-state index contributed by atoms with van der Waals surface area (Å²) in [5.74, 6) is 0.563. The van der Waals surface area contributed by atoms with E-state index in [1.807, 2.05) is 12.1 Å². The second-order valence-corrected chi connectivity index (χ2v) is 8.27. The molecule has 0 aromatic carbocycles. The zero-order valence-corrected chi connectivity index (χ0v) is 18.2. The fourth-order valence-electron chi connectivity index (χ4n) is 4.41. The highest BCUT2D eigenvalue weighted by molar-refractivity contribution is 6.05. The predicted octanol–water partition coefficient (Wildman–Crippen LogP) is 2.04. The number of rotatable bonds is 5. The highest BCUT2D eigenvalue weighted by Gasteiger charge is 2.33. The number of amides is 1. The molecule has 1 saturated heterocycles. The number of anilines is 1. The van der Waals surface area contributed by atoms with Crippen LogP contribution in [0.15, 0.2) is 29.5 Å². The van der Waals surface area contributed by atoms with Gasteiger partial charge in [0.1, 0.15) is 11.7 Å². The Morgan fingerprint density at radius 2 is 2.29 bits per heavy atom. The molecule has 3 unspecified atom stereocenters. The van der Waals surface area contributed by atoms with E-state index in [1.54, 1.807) is 20.3 Å². The lowest BCUT2D eigenvalue weighted by Crippen LogP contribution is -2.56. The number of nitrogens with two attached hydrogens (primary N) is 1. The van der Waals surface area contributed by atoms with Crippen molar-refractivity contribution in [1.29, 1.82) is 0 Å². The van der Waals surface area contributed by atoms with Crippen LogP contribution in [0.25, 0.3) is 6.08 Å². The van der Waals surface area contributed by atoms with Gasteiger partial charge in [0.05, 0.1) is 30.2 Å². The highest BCUT2D eigenvalue weighted by Crippen LogP contribution is 2.29. The Kier molecular flexibility index (Phi) is 6.67. The number of piperidine rings is 1. The molecule has 1 aliphatic carbocycles. The molecule has 8 heteroatoms. The number of nitrogens with zero attached hydrogens (tertiary/aromatic N) is 3. The number of hydrogen-bond acceptors (Lipinski definition) is 6. The van der Waals surface area contributed by atoms with Gasteiger partial charge in [0.25, 0.3) is 5.91 Å². The minimum atomic E-state index is -0.356. The van der Waals surface area contributed by atoms with Crippen molar-refractivity contribution in [3.8, 4) is 0 Å². The van der Waals surface area contributed by atoms with Crippen LogP contribution in [-0.4, -0.2) is 61.7 Å². The molecule has 3 aliphatic rings. The average molecular weight is 426 g/mol. The Labute approximate surface area is 183 Å². The first-order valence-electron chi connectivity index (χ1n) is 10.9. The lowest BCUT2D eigenvalue weighted by Gasteiger charge is -2.40. The van der Waals surface area contributed by atoms with Crippen molar-refractivity contribution < 1.29 is 14.3 Å². The molecule has 2 aliphatic heterocycles. The average Bonchev–Trinajstić information content (AvgIpc) is 2.78. The number of carbonyl (C=O) groups excluding carboxylic acids is 1. The van der Waals surface area contributed by atoms with E-state index < -0.39 is 0 Å². The molecule has 3 atom stereocenters. The van der Waals surface area contributed by atoms with E-state index in [2.05, 4.69) is 27.4 Å². The Bertz CT molecular complexity index is 907. The fourth-order valence-corrected chi connectivity index (χ4v) is 4.41. The molecular formula is C23H31N5O3. The van der Waals surface area contributed by atoms with Crippen molar-refractivity contribution in [2.75, 3.05) is 31.7 Å². The number of aromatic nitrogens is 1. The normalized spacial score (nSPS) is 25.8. The van der Waals surface area contributed by atoms with Crippen molar-refractivity contribution in [2.24, 2.45) is 10.7 Å². The van der Waals surface area contributed by atoms with E-state index >= 15 is 0 Å². The summed E-state index contributed by atoms with van der Waals surface area (Å²) in [6.07, 6.45) is 11.6. The van der Waals surface area contributed by atoms with Crippen molar-refractivity contribution in [1.82, 2.24) is 10.3 Å². The van der Waals surface area contributed by atoms with Crippen LogP contribution in [0, 0.1) is 0 Å². The fraction of sp³-hybridized carbons (Fsp3) is 0.522. The van der Waals surface area contributed by atoms with Crippen LogP contribution in [0.4, 0.5) is 5.82 Å². The van der Waals surface area contributed by atoms with Gasteiger partial charge in [-0.05, 0) is 43.9 Å². The number of allylic oxidation sites excluding steroid dienone is 1. The van der Waals surface area contributed by atoms with E-state index in [9.17, 15) is 4.79 Å². The second kappa shape index (κ2) is 9.62. The third-order valence-corrected chi connectivity index (χ3v) is 6.01. The molecule has 1 fully saturated rings. The van der Waals surface area contributed by atoms with Gasteiger partial charge in [0.2, 0.25) is 0 Å². The third-order valence-electron chi connectivity index (χ3n) is 6.01. The molecule has 1 aromatic heterocycles. The van der Waals surface area contributed by atoms with Crippen LogP contribution in [0.2, 0.25) is 0 Å². The monoisotopic (exact) mass is 425 g/mol. The van der Waals surface area contributed by atoms with E-state index in [0.29, 0.717) is 17.9 Å². The zero-order chi connectivity index (χ0) is 21.8. The Hall–Kier alpha value is -2.71. The quantitative estimate of drug-likeness (QED) is 0.550. The van der Waals surface area contributed by atoms with Gasteiger partial charge >= 0.3 is 0 Å². The Morgan fingerprint density at radius 1 is 1.42 bits per heavy atom.